The zero-order valence-corrected chi connectivity index (χ0v) is 21.2. The van der Waals surface area contributed by atoms with Crippen LogP contribution in [-0.4, -0.2) is 63.1 Å². The van der Waals surface area contributed by atoms with Crippen molar-refractivity contribution in [2.75, 3.05) is 24.5 Å². The van der Waals surface area contributed by atoms with Crippen LogP contribution in [0.4, 0.5) is 5.69 Å². The molecule has 3 aliphatic rings. The summed E-state index contributed by atoms with van der Waals surface area (Å²) in [5.41, 5.74) is 3.09. The van der Waals surface area contributed by atoms with E-state index in [0.29, 0.717) is 31.5 Å². The standard InChI is InChI=1S/C28H39N5O2/c1-21(34)32-17-15-25-7-5-8-26(33(25)18-22-10-11-22)20-31(19-23-6-3-4-9-27(23)32)28(35)13-12-24-14-16-29-30(24)2/h3-4,6,9,14,16,22,25-26H,5,7-8,10-13,15,17-20H2,1-2H3. The first-order valence-electron chi connectivity index (χ1n) is 13.4. The fourth-order valence-electron chi connectivity index (χ4n) is 6.01. The highest BCUT2D eigenvalue weighted by atomic mass is 16.2. The van der Waals surface area contributed by atoms with Gasteiger partial charge in [0.2, 0.25) is 11.8 Å². The van der Waals surface area contributed by atoms with E-state index in [1.807, 2.05) is 40.9 Å². The summed E-state index contributed by atoms with van der Waals surface area (Å²) in [6.07, 6.45) is 10.1. The van der Waals surface area contributed by atoms with E-state index >= 15 is 0 Å². The predicted molar refractivity (Wildman–Crippen MR) is 137 cm³/mol. The van der Waals surface area contributed by atoms with Gasteiger partial charge in [-0.1, -0.05) is 24.6 Å². The van der Waals surface area contributed by atoms with Gasteiger partial charge in [-0.05, 0) is 62.1 Å². The largest absolute Gasteiger partial charge is 0.337 e. The van der Waals surface area contributed by atoms with Gasteiger partial charge in [0.05, 0.1) is 0 Å². The predicted octanol–water partition coefficient (Wildman–Crippen LogP) is 3.77. The molecule has 0 spiro atoms. The number of carbonyl (C=O) groups is 2. The Bertz CT molecular complexity index is 1050. The van der Waals surface area contributed by atoms with Crippen molar-refractivity contribution >= 4 is 17.5 Å². The van der Waals surface area contributed by atoms with Crippen molar-refractivity contribution in [1.29, 1.82) is 0 Å². The van der Waals surface area contributed by atoms with Gasteiger partial charge in [0.15, 0.2) is 0 Å². The van der Waals surface area contributed by atoms with Crippen LogP contribution in [0, 0.1) is 5.92 Å². The summed E-state index contributed by atoms with van der Waals surface area (Å²) in [5.74, 6) is 1.06. The summed E-state index contributed by atoms with van der Waals surface area (Å²) in [5, 5.41) is 4.25. The van der Waals surface area contributed by atoms with Gasteiger partial charge >= 0.3 is 0 Å². The first kappa shape index (κ1) is 24.0. The van der Waals surface area contributed by atoms with Crippen molar-refractivity contribution < 1.29 is 9.59 Å². The molecular formula is C28H39N5O2. The Hall–Kier alpha value is -2.67. The molecule has 2 aliphatic heterocycles. The zero-order chi connectivity index (χ0) is 24.4. The lowest BCUT2D eigenvalue weighted by molar-refractivity contribution is -0.133. The Morgan fingerprint density at radius 2 is 1.83 bits per heavy atom. The first-order valence-corrected chi connectivity index (χ1v) is 13.4. The van der Waals surface area contributed by atoms with Crippen molar-refractivity contribution in [2.24, 2.45) is 13.0 Å². The summed E-state index contributed by atoms with van der Waals surface area (Å²) in [4.78, 5) is 33.2. The highest BCUT2D eigenvalue weighted by molar-refractivity contribution is 5.92. The summed E-state index contributed by atoms with van der Waals surface area (Å²) < 4.78 is 1.85. The number of rotatable bonds is 5. The van der Waals surface area contributed by atoms with Crippen LogP contribution in [0.5, 0.6) is 0 Å². The Balaban J connectivity index is 1.45. The first-order chi connectivity index (χ1) is 17.0. The number of fused-ring (bicyclic) bond motifs is 3. The van der Waals surface area contributed by atoms with Gasteiger partial charge in [-0.3, -0.25) is 19.2 Å². The Labute approximate surface area is 209 Å². The van der Waals surface area contributed by atoms with E-state index in [4.69, 9.17) is 0 Å². The zero-order valence-electron chi connectivity index (χ0n) is 21.2. The molecule has 2 atom stereocenters. The van der Waals surface area contributed by atoms with Gasteiger partial charge in [-0.2, -0.15) is 5.10 Å². The second kappa shape index (κ2) is 10.5. The Kier molecular flexibility index (Phi) is 7.23. The van der Waals surface area contributed by atoms with Gasteiger partial charge in [-0.15, -0.1) is 0 Å². The highest BCUT2D eigenvalue weighted by Gasteiger charge is 2.37. The van der Waals surface area contributed by atoms with Crippen LogP contribution in [0.15, 0.2) is 36.5 Å². The molecule has 0 radical (unpaired) electrons. The molecule has 1 aliphatic carbocycles. The van der Waals surface area contributed by atoms with Crippen LogP contribution < -0.4 is 4.90 Å². The van der Waals surface area contributed by atoms with Crippen molar-refractivity contribution in [3.63, 3.8) is 0 Å². The summed E-state index contributed by atoms with van der Waals surface area (Å²) in [6, 6.07) is 11.0. The molecule has 0 N–H and O–H groups in total. The minimum absolute atomic E-state index is 0.0758. The Morgan fingerprint density at radius 3 is 2.57 bits per heavy atom. The number of para-hydroxylation sites is 1. The third kappa shape index (κ3) is 5.61. The minimum Gasteiger partial charge on any atom is -0.337 e. The van der Waals surface area contributed by atoms with E-state index in [-0.39, 0.29) is 11.8 Å². The van der Waals surface area contributed by atoms with Gasteiger partial charge in [0.25, 0.3) is 0 Å². The highest BCUT2D eigenvalue weighted by Crippen LogP contribution is 2.36. The second-order valence-corrected chi connectivity index (χ2v) is 10.7. The Morgan fingerprint density at radius 1 is 1.03 bits per heavy atom. The molecular weight excluding hydrogens is 438 g/mol. The molecule has 2 aromatic rings. The normalized spacial score (nSPS) is 23.5. The lowest BCUT2D eigenvalue weighted by atomic mass is 9.92. The summed E-state index contributed by atoms with van der Waals surface area (Å²) in [6.45, 7) is 4.85. The maximum atomic E-state index is 13.7. The van der Waals surface area contributed by atoms with Crippen LogP contribution in [0.2, 0.25) is 0 Å². The molecule has 2 amide bonds. The maximum Gasteiger partial charge on any atom is 0.223 e. The molecule has 7 heteroatoms. The second-order valence-electron chi connectivity index (χ2n) is 10.7. The molecule has 188 valence electrons. The number of amides is 2. The molecule has 1 saturated carbocycles. The van der Waals surface area contributed by atoms with Gasteiger partial charge < -0.3 is 9.80 Å². The molecule has 2 fully saturated rings. The molecule has 3 heterocycles. The van der Waals surface area contributed by atoms with Gasteiger partial charge in [0, 0.05) is 76.2 Å². The summed E-state index contributed by atoms with van der Waals surface area (Å²) >= 11 is 0. The lowest BCUT2D eigenvalue weighted by Crippen LogP contribution is -2.53. The maximum absolute atomic E-state index is 13.7. The van der Waals surface area contributed by atoms with Crippen LogP contribution in [0.1, 0.15) is 63.1 Å². The van der Waals surface area contributed by atoms with Crippen LogP contribution in [0.3, 0.4) is 0 Å². The van der Waals surface area contributed by atoms with E-state index in [1.54, 1.807) is 13.1 Å². The lowest BCUT2D eigenvalue weighted by Gasteiger charge is -2.44. The number of anilines is 1. The number of aromatic nitrogens is 2. The fraction of sp³-hybridized carbons (Fsp3) is 0.607. The fourth-order valence-corrected chi connectivity index (χ4v) is 6.01. The molecule has 1 aromatic carbocycles. The SMILES string of the molecule is CC(=O)N1CCC2CCCC(CN(C(=O)CCc3ccnn3C)Cc3ccccc31)N2CC1CC1. The third-order valence-corrected chi connectivity index (χ3v) is 8.19. The van der Waals surface area contributed by atoms with Crippen LogP contribution in [-0.2, 0) is 29.6 Å². The van der Waals surface area contributed by atoms with E-state index in [0.717, 1.165) is 55.3 Å². The average Bonchev–Trinajstić information content (AvgIpc) is 3.57. The smallest absolute Gasteiger partial charge is 0.223 e. The third-order valence-electron chi connectivity index (χ3n) is 8.19. The number of carbonyl (C=O) groups excluding carboxylic acids is 2. The number of aryl methyl sites for hydroxylation is 2. The topological polar surface area (TPSA) is 61.7 Å². The quantitative estimate of drug-likeness (QED) is 0.658. The number of hydrogen-bond donors (Lipinski definition) is 0. The molecule has 1 saturated heterocycles. The molecule has 35 heavy (non-hydrogen) atoms. The van der Waals surface area contributed by atoms with E-state index in [2.05, 4.69) is 21.0 Å². The summed E-state index contributed by atoms with van der Waals surface area (Å²) in [7, 11) is 1.93. The monoisotopic (exact) mass is 477 g/mol. The van der Waals surface area contributed by atoms with Gasteiger partial charge in [0.1, 0.15) is 0 Å². The van der Waals surface area contributed by atoms with Crippen molar-refractivity contribution in [2.45, 2.75) is 76.9 Å². The van der Waals surface area contributed by atoms with Crippen molar-refractivity contribution in [1.82, 2.24) is 19.6 Å². The molecule has 7 nitrogen and oxygen atoms in total. The number of piperidine rings is 1. The number of hydrogen-bond acceptors (Lipinski definition) is 4. The number of nitrogens with zero attached hydrogens (tertiary/aromatic N) is 5. The van der Waals surface area contributed by atoms with E-state index < -0.39 is 0 Å². The molecule has 5 rings (SSSR count). The molecule has 2 unspecified atom stereocenters. The van der Waals surface area contributed by atoms with E-state index in [9.17, 15) is 9.59 Å². The average molecular weight is 478 g/mol. The van der Waals surface area contributed by atoms with Crippen molar-refractivity contribution in [3.8, 4) is 0 Å². The van der Waals surface area contributed by atoms with Crippen molar-refractivity contribution in [3.05, 3.63) is 47.8 Å². The van der Waals surface area contributed by atoms with Gasteiger partial charge in [-0.25, -0.2) is 0 Å². The molecule has 2 bridgehead atoms. The van der Waals surface area contributed by atoms with Crippen LogP contribution >= 0.6 is 0 Å². The number of benzene rings is 1. The van der Waals surface area contributed by atoms with Crippen LogP contribution in [0.25, 0.3) is 0 Å². The van der Waals surface area contributed by atoms with E-state index in [1.165, 1.54) is 25.7 Å². The minimum atomic E-state index is 0.0758. The molecule has 1 aromatic heterocycles.